The quantitative estimate of drug-likeness (QED) is 0.215. The van der Waals surface area contributed by atoms with Crippen LogP contribution in [-0.4, -0.2) is 63.3 Å². The predicted octanol–water partition coefficient (Wildman–Crippen LogP) is 3.59. The van der Waals surface area contributed by atoms with E-state index >= 15 is 0 Å². The SMILES string of the molecule is COc1c(O)cc2oc3cc(O[C@@H]4OC(C)[C@@H](O)[C@H](O)C4O)c(CC=C(C)C)c(O)c3c(=O)c2c1CC=C(C)C. The topological polar surface area (TPSA) is 159 Å². The van der Waals surface area contributed by atoms with Gasteiger partial charge in [-0.3, -0.25) is 4.79 Å². The summed E-state index contributed by atoms with van der Waals surface area (Å²) in [6.45, 7) is 9.10. The maximum absolute atomic E-state index is 14.0. The third-order valence-corrected chi connectivity index (χ3v) is 7.01. The zero-order valence-electron chi connectivity index (χ0n) is 23.4. The summed E-state index contributed by atoms with van der Waals surface area (Å²) in [5.41, 5.74) is 2.13. The van der Waals surface area contributed by atoms with E-state index < -0.39 is 36.1 Å². The zero-order valence-corrected chi connectivity index (χ0v) is 23.4. The van der Waals surface area contributed by atoms with Crippen molar-refractivity contribution in [1.29, 1.82) is 0 Å². The number of phenolic OH excluding ortho intramolecular Hbond substituents is 2. The Morgan fingerprint density at radius 2 is 1.50 bits per heavy atom. The number of hydrogen-bond donors (Lipinski definition) is 5. The highest BCUT2D eigenvalue weighted by Gasteiger charge is 2.43. The Morgan fingerprint density at radius 1 is 0.900 bits per heavy atom. The summed E-state index contributed by atoms with van der Waals surface area (Å²) < 4.78 is 23.0. The van der Waals surface area contributed by atoms with Crippen molar-refractivity contribution in [1.82, 2.24) is 0 Å². The van der Waals surface area contributed by atoms with E-state index in [9.17, 15) is 30.3 Å². The van der Waals surface area contributed by atoms with E-state index in [4.69, 9.17) is 18.6 Å². The average molecular weight is 557 g/mol. The molecule has 2 unspecified atom stereocenters. The third kappa shape index (κ3) is 5.40. The summed E-state index contributed by atoms with van der Waals surface area (Å²) in [6, 6.07) is 2.68. The monoisotopic (exact) mass is 556 g/mol. The number of rotatable bonds is 7. The number of benzene rings is 2. The number of methoxy groups -OCH3 is 1. The number of fused-ring (bicyclic) bond motifs is 2. The molecule has 2 heterocycles. The summed E-state index contributed by atoms with van der Waals surface area (Å²) in [5, 5.41) is 53.0. The number of aliphatic hydroxyl groups is 3. The summed E-state index contributed by atoms with van der Waals surface area (Å²) in [6.07, 6.45) is -2.50. The Hall–Kier alpha value is -3.57. The van der Waals surface area contributed by atoms with Gasteiger partial charge in [-0.15, -0.1) is 0 Å². The highest BCUT2D eigenvalue weighted by atomic mass is 16.7. The van der Waals surface area contributed by atoms with E-state index in [0.717, 1.165) is 11.1 Å². The van der Waals surface area contributed by atoms with Crippen LogP contribution in [0.4, 0.5) is 0 Å². The molecule has 0 amide bonds. The molecule has 1 fully saturated rings. The van der Waals surface area contributed by atoms with Gasteiger partial charge in [-0.25, -0.2) is 0 Å². The van der Waals surface area contributed by atoms with E-state index in [-0.39, 0.29) is 63.3 Å². The summed E-state index contributed by atoms with van der Waals surface area (Å²) >= 11 is 0. The van der Waals surface area contributed by atoms with Crippen molar-refractivity contribution < 1.29 is 44.2 Å². The molecular formula is C30H36O10. The van der Waals surface area contributed by atoms with Crippen LogP contribution >= 0.6 is 0 Å². The first-order chi connectivity index (χ1) is 18.8. The van der Waals surface area contributed by atoms with Crippen LogP contribution in [-0.2, 0) is 17.6 Å². The van der Waals surface area contributed by atoms with Gasteiger partial charge in [-0.2, -0.15) is 0 Å². The largest absolute Gasteiger partial charge is 0.507 e. The molecule has 5 N–H and O–H groups in total. The van der Waals surface area contributed by atoms with Crippen molar-refractivity contribution in [2.24, 2.45) is 0 Å². The van der Waals surface area contributed by atoms with Crippen LogP contribution in [0.5, 0.6) is 23.0 Å². The number of phenols is 2. The second-order valence-electron chi connectivity index (χ2n) is 10.6. The van der Waals surface area contributed by atoms with E-state index in [2.05, 4.69) is 0 Å². The molecule has 0 radical (unpaired) electrons. The minimum Gasteiger partial charge on any atom is -0.507 e. The molecular weight excluding hydrogens is 520 g/mol. The predicted molar refractivity (Wildman–Crippen MR) is 149 cm³/mol. The number of aromatic hydroxyl groups is 2. The Morgan fingerprint density at radius 3 is 2.10 bits per heavy atom. The molecule has 4 rings (SSSR count). The van der Waals surface area contributed by atoms with Crippen molar-refractivity contribution in [2.75, 3.05) is 7.11 Å². The first-order valence-corrected chi connectivity index (χ1v) is 13.0. The van der Waals surface area contributed by atoms with Gasteiger partial charge < -0.3 is 44.2 Å². The minimum atomic E-state index is -1.59. The number of ether oxygens (including phenoxy) is 3. The summed E-state index contributed by atoms with van der Waals surface area (Å²) in [4.78, 5) is 14.0. The normalized spacial score (nSPS) is 22.8. The summed E-state index contributed by atoms with van der Waals surface area (Å²) in [7, 11) is 1.40. The Bertz CT molecular complexity index is 1540. The van der Waals surface area contributed by atoms with Crippen molar-refractivity contribution in [3.63, 3.8) is 0 Å². The van der Waals surface area contributed by atoms with Crippen molar-refractivity contribution >= 4 is 21.9 Å². The van der Waals surface area contributed by atoms with Gasteiger partial charge >= 0.3 is 0 Å². The van der Waals surface area contributed by atoms with Crippen LogP contribution in [0.15, 0.2) is 44.6 Å². The molecule has 10 nitrogen and oxygen atoms in total. The van der Waals surface area contributed by atoms with Gasteiger partial charge in [0.15, 0.2) is 11.5 Å². The van der Waals surface area contributed by atoms with Gasteiger partial charge in [0.1, 0.15) is 46.4 Å². The van der Waals surface area contributed by atoms with Crippen LogP contribution in [0.1, 0.15) is 45.7 Å². The van der Waals surface area contributed by atoms with Crippen LogP contribution < -0.4 is 14.9 Å². The maximum atomic E-state index is 14.0. The number of hydrogen-bond acceptors (Lipinski definition) is 10. The van der Waals surface area contributed by atoms with Crippen molar-refractivity contribution in [3.8, 4) is 23.0 Å². The van der Waals surface area contributed by atoms with E-state index in [1.807, 2.05) is 39.8 Å². The van der Waals surface area contributed by atoms with Crippen LogP contribution in [0.25, 0.3) is 21.9 Å². The first-order valence-electron chi connectivity index (χ1n) is 13.0. The Kier molecular flexibility index (Phi) is 8.46. The lowest BCUT2D eigenvalue weighted by atomic mass is 9.98. The van der Waals surface area contributed by atoms with Crippen molar-refractivity contribution in [3.05, 3.63) is 56.8 Å². The summed E-state index contributed by atoms with van der Waals surface area (Å²) in [5.74, 6) is -0.401. The molecule has 0 aliphatic carbocycles. The van der Waals surface area contributed by atoms with E-state index in [1.165, 1.54) is 26.2 Å². The Labute approximate surface area is 231 Å². The molecule has 10 heteroatoms. The molecule has 3 aromatic rings. The lowest BCUT2D eigenvalue weighted by Gasteiger charge is -2.39. The molecule has 1 aliphatic heterocycles. The van der Waals surface area contributed by atoms with Crippen LogP contribution in [0.3, 0.4) is 0 Å². The van der Waals surface area contributed by atoms with Gasteiger partial charge in [0.05, 0.1) is 18.6 Å². The minimum absolute atomic E-state index is 0.0254. The van der Waals surface area contributed by atoms with Gasteiger partial charge in [0.2, 0.25) is 11.7 Å². The van der Waals surface area contributed by atoms with Gasteiger partial charge in [-0.1, -0.05) is 23.3 Å². The zero-order chi connectivity index (χ0) is 29.5. The third-order valence-electron chi connectivity index (χ3n) is 7.01. The lowest BCUT2D eigenvalue weighted by Crippen LogP contribution is -2.58. The van der Waals surface area contributed by atoms with E-state index in [0.29, 0.717) is 5.56 Å². The highest BCUT2D eigenvalue weighted by molar-refractivity contribution is 5.97. The molecule has 40 heavy (non-hydrogen) atoms. The molecule has 1 aromatic heterocycles. The second-order valence-corrected chi connectivity index (χ2v) is 10.6. The Balaban J connectivity index is 1.99. The lowest BCUT2D eigenvalue weighted by molar-refractivity contribution is -0.268. The number of allylic oxidation sites excluding steroid dienone is 4. The standard InChI is InChI=1S/C30H36O10/c1-13(2)7-9-16-19(40-30-28(36)27(35)24(32)15(5)38-30)12-21-23(25(16)33)26(34)22-17(10-8-14(3)4)29(37-6)18(31)11-20(22)39-21/h7-8,11-12,15,24,27-28,30-33,35-36H,9-10H2,1-6H3/t15?,24-,27+,28?,30+/m1/s1. The van der Waals surface area contributed by atoms with Gasteiger partial charge in [0, 0.05) is 23.3 Å². The van der Waals surface area contributed by atoms with Gasteiger partial charge in [0.25, 0.3) is 0 Å². The molecule has 216 valence electrons. The smallest absolute Gasteiger partial charge is 0.229 e. The fraction of sp³-hybridized carbons (Fsp3) is 0.433. The first kappa shape index (κ1) is 29.4. The highest BCUT2D eigenvalue weighted by Crippen LogP contribution is 2.41. The molecule has 5 atom stereocenters. The fourth-order valence-electron chi connectivity index (χ4n) is 4.79. The van der Waals surface area contributed by atoms with E-state index in [1.54, 1.807) is 0 Å². The number of aliphatic hydroxyl groups excluding tert-OH is 3. The molecule has 1 saturated heterocycles. The van der Waals surface area contributed by atoms with Crippen LogP contribution in [0, 0.1) is 0 Å². The average Bonchev–Trinajstić information content (AvgIpc) is 2.88. The van der Waals surface area contributed by atoms with Gasteiger partial charge in [-0.05, 0) is 47.5 Å². The van der Waals surface area contributed by atoms with Crippen LogP contribution in [0.2, 0.25) is 0 Å². The fourth-order valence-corrected chi connectivity index (χ4v) is 4.79. The molecule has 0 saturated carbocycles. The van der Waals surface area contributed by atoms with Crippen molar-refractivity contribution in [2.45, 2.75) is 78.2 Å². The molecule has 0 spiro atoms. The molecule has 1 aliphatic rings. The molecule has 0 bridgehead atoms. The molecule has 2 aromatic carbocycles. The maximum Gasteiger partial charge on any atom is 0.229 e. The second kappa shape index (κ2) is 11.5.